The van der Waals surface area contributed by atoms with Crippen molar-refractivity contribution < 1.29 is 9.59 Å². The molecule has 0 radical (unpaired) electrons. The van der Waals surface area contributed by atoms with Gasteiger partial charge in [-0.2, -0.15) is 5.26 Å². The lowest BCUT2D eigenvalue weighted by molar-refractivity contribution is -0.135. The molecule has 3 atom stereocenters. The number of nitriles is 1. The Morgan fingerprint density at radius 2 is 1.76 bits per heavy atom. The molecule has 1 aliphatic heterocycles. The second-order valence-electron chi connectivity index (χ2n) is 9.38. The monoisotopic (exact) mass is 457 g/mol. The van der Waals surface area contributed by atoms with Crippen molar-refractivity contribution in [2.75, 3.05) is 6.54 Å². The van der Waals surface area contributed by atoms with Crippen LogP contribution in [-0.4, -0.2) is 29.3 Å². The molecule has 1 aliphatic rings. The van der Waals surface area contributed by atoms with Gasteiger partial charge in [-0.3, -0.25) is 9.59 Å². The molecular formula is C29H35N3O2. The van der Waals surface area contributed by atoms with E-state index >= 15 is 0 Å². The highest BCUT2D eigenvalue weighted by atomic mass is 16.2. The Hall–Kier alpha value is -3.39. The van der Waals surface area contributed by atoms with E-state index in [9.17, 15) is 14.9 Å². The Morgan fingerprint density at radius 3 is 2.38 bits per heavy atom. The van der Waals surface area contributed by atoms with E-state index in [0.717, 1.165) is 17.5 Å². The number of hydrogen-bond donors (Lipinski definition) is 1. The van der Waals surface area contributed by atoms with Crippen molar-refractivity contribution in [2.45, 2.75) is 64.0 Å². The van der Waals surface area contributed by atoms with Crippen molar-refractivity contribution in [1.82, 2.24) is 10.2 Å². The average Bonchev–Trinajstić information content (AvgIpc) is 3.35. The van der Waals surface area contributed by atoms with Crippen molar-refractivity contribution >= 4 is 11.8 Å². The molecule has 34 heavy (non-hydrogen) atoms. The van der Waals surface area contributed by atoms with Gasteiger partial charge < -0.3 is 10.2 Å². The fraction of sp³-hybridized carbons (Fsp3) is 0.414. The third kappa shape index (κ3) is 5.75. The highest BCUT2D eigenvalue weighted by Crippen LogP contribution is 2.36. The molecule has 2 aromatic carbocycles. The number of carbonyl (C=O) groups is 2. The Balaban J connectivity index is 1.60. The van der Waals surface area contributed by atoms with Gasteiger partial charge in [0.1, 0.15) is 6.04 Å². The van der Waals surface area contributed by atoms with E-state index in [1.54, 1.807) is 11.0 Å². The minimum atomic E-state index is -0.599. The number of nitrogens with zero attached hydrogens (tertiary/aromatic N) is 2. The summed E-state index contributed by atoms with van der Waals surface area (Å²) in [5.74, 6) is -0.109. The molecule has 1 fully saturated rings. The fourth-order valence-corrected chi connectivity index (χ4v) is 4.78. The standard InChI is InChI=1S/C29H35N3O2/c1-22(2)29(21-30,25-15-8-5-9-16-25)19-11-10-18-27(33)32-20-12-17-26(32)28(34)31-23(3)24-13-6-4-7-14-24/h4-10,13-16,18,22-23,26H,11-12,17,19-20H2,1-3H3,(H,31,34)/b18-10+/t23?,26-,29?/m1/s1. The maximum Gasteiger partial charge on any atom is 0.246 e. The number of allylic oxidation sites excluding steroid dienone is 1. The summed E-state index contributed by atoms with van der Waals surface area (Å²) in [7, 11) is 0. The number of nitrogens with one attached hydrogen (secondary N) is 1. The van der Waals surface area contributed by atoms with Gasteiger partial charge in [0, 0.05) is 6.54 Å². The number of benzene rings is 2. The molecule has 2 amide bonds. The molecule has 5 nitrogen and oxygen atoms in total. The number of carbonyl (C=O) groups excluding carboxylic acids is 2. The number of amides is 2. The van der Waals surface area contributed by atoms with Gasteiger partial charge in [0.05, 0.1) is 17.5 Å². The third-order valence-electron chi connectivity index (χ3n) is 6.94. The molecule has 0 spiro atoms. The van der Waals surface area contributed by atoms with E-state index in [0.29, 0.717) is 25.8 Å². The number of hydrogen-bond acceptors (Lipinski definition) is 3. The molecular weight excluding hydrogens is 422 g/mol. The average molecular weight is 458 g/mol. The van der Waals surface area contributed by atoms with E-state index in [-0.39, 0.29) is 23.8 Å². The second-order valence-corrected chi connectivity index (χ2v) is 9.38. The first-order valence-electron chi connectivity index (χ1n) is 12.2. The van der Waals surface area contributed by atoms with Gasteiger partial charge in [-0.05, 0) is 55.7 Å². The van der Waals surface area contributed by atoms with Crippen molar-refractivity contribution in [3.05, 3.63) is 83.9 Å². The van der Waals surface area contributed by atoms with E-state index in [1.807, 2.05) is 73.7 Å². The minimum absolute atomic E-state index is 0.108. The van der Waals surface area contributed by atoms with Gasteiger partial charge in [-0.1, -0.05) is 80.6 Å². The first-order chi connectivity index (χ1) is 16.4. The first kappa shape index (κ1) is 25.2. The van der Waals surface area contributed by atoms with Crippen LogP contribution >= 0.6 is 0 Å². The zero-order chi connectivity index (χ0) is 24.6. The lowest BCUT2D eigenvalue weighted by atomic mass is 9.70. The van der Waals surface area contributed by atoms with Crippen molar-refractivity contribution in [3.8, 4) is 6.07 Å². The molecule has 5 heteroatoms. The molecule has 1 saturated heterocycles. The van der Waals surface area contributed by atoms with E-state index in [1.165, 1.54) is 0 Å². The molecule has 0 aromatic heterocycles. The highest BCUT2D eigenvalue weighted by Gasteiger charge is 2.36. The van der Waals surface area contributed by atoms with Gasteiger partial charge in [0.25, 0.3) is 0 Å². The molecule has 3 rings (SSSR count). The Morgan fingerprint density at radius 1 is 1.12 bits per heavy atom. The normalized spacial score (nSPS) is 18.4. The quantitative estimate of drug-likeness (QED) is 0.519. The maximum atomic E-state index is 12.9. The van der Waals surface area contributed by atoms with Crippen LogP contribution in [0.25, 0.3) is 0 Å². The molecule has 2 aromatic rings. The Kier molecular flexibility index (Phi) is 8.65. The third-order valence-corrected chi connectivity index (χ3v) is 6.94. The summed E-state index contributed by atoms with van der Waals surface area (Å²) in [5, 5.41) is 13.1. The summed E-state index contributed by atoms with van der Waals surface area (Å²) in [4.78, 5) is 27.5. The summed E-state index contributed by atoms with van der Waals surface area (Å²) in [6.07, 6.45) is 6.15. The van der Waals surface area contributed by atoms with Gasteiger partial charge in [0.15, 0.2) is 0 Å². The summed E-state index contributed by atoms with van der Waals surface area (Å²) in [6.45, 7) is 6.67. The van der Waals surface area contributed by atoms with Crippen LogP contribution in [0.4, 0.5) is 0 Å². The van der Waals surface area contributed by atoms with Crippen LogP contribution < -0.4 is 5.32 Å². The number of likely N-dealkylation sites (tertiary alicyclic amines) is 1. The Labute approximate surface area is 203 Å². The molecule has 2 unspecified atom stereocenters. The zero-order valence-electron chi connectivity index (χ0n) is 20.4. The Bertz CT molecular complexity index is 1030. The van der Waals surface area contributed by atoms with Crippen LogP contribution in [0.5, 0.6) is 0 Å². The van der Waals surface area contributed by atoms with Gasteiger partial charge in [0.2, 0.25) is 11.8 Å². The molecule has 0 saturated carbocycles. The van der Waals surface area contributed by atoms with Gasteiger partial charge >= 0.3 is 0 Å². The van der Waals surface area contributed by atoms with E-state index in [4.69, 9.17) is 0 Å². The van der Waals surface area contributed by atoms with Crippen molar-refractivity contribution in [2.24, 2.45) is 5.92 Å². The lowest BCUT2D eigenvalue weighted by Crippen LogP contribution is -2.46. The number of rotatable bonds is 9. The molecule has 178 valence electrons. The summed E-state index contributed by atoms with van der Waals surface area (Å²) >= 11 is 0. The fourth-order valence-electron chi connectivity index (χ4n) is 4.78. The minimum Gasteiger partial charge on any atom is -0.348 e. The summed E-state index contributed by atoms with van der Waals surface area (Å²) in [5.41, 5.74) is 1.45. The van der Waals surface area contributed by atoms with Gasteiger partial charge in [-0.25, -0.2) is 0 Å². The largest absolute Gasteiger partial charge is 0.348 e. The highest BCUT2D eigenvalue weighted by molar-refractivity contribution is 5.93. The van der Waals surface area contributed by atoms with Gasteiger partial charge in [-0.15, -0.1) is 0 Å². The van der Waals surface area contributed by atoms with Crippen LogP contribution in [0.15, 0.2) is 72.8 Å². The molecule has 1 N–H and O–H groups in total. The zero-order valence-corrected chi connectivity index (χ0v) is 20.4. The van der Waals surface area contributed by atoms with Crippen LogP contribution in [-0.2, 0) is 15.0 Å². The molecule has 0 bridgehead atoms. The van der Waals surface area contributed by atoms with E-state index in [2.05, 4.69) is 25.2 Å². The maximum absolute atomic E-state index is 12.9. The smallest absolute Gasteiger partial charge is 0.246 e. The van der Waals surface area contributed by atoms with Crippen LogP contribution in [0, 0.1) is 17.2 Å². The predicted molar refractivity (Wildman–Crippen MR) is 135 cm³/mol. The van der Waals surface area contributed by atoms with Crippen LogP contribution in [0.3, 0.4) is 0 Å². The van der Waals surface area contributed by atoms with E-state index < -0.39 is 11.5 Å². The van der Waals surface area contributed by atoms with Crippen molar-refractivity contribution in [3.63, 3.8) is 0 Å². The molecule has 1 heterocycles. The SMILES string of the molecule is CC(NC(=O)[C@H]1CCCN1C(=O)/C=C/CCC(C#N)(c1ccccc1)C(C)C)c1ccccc1. The molecule has 0 aliphatic carbocycles. The summed E-state index contributed by atoms with van der Waals surface area (Å²) < 4.78 is 0. The summed E-state index contributed by atoms with van der Waals surface area (Å²) in [6, 6.07) is 21.7. The van der Waals surface area contributed by atoms with Crippen LogP contribution in [0.1, 0.15) is 63.6 Å². The first-order valence-corrected chi connectivity index (χ1v) is 12.2. The topological polar surface area (TPSA) is 73.2 Å². The van der Waals surface area contributed by atoms with Crippen molar-refractivity contribution in [1.29, 1.82) is 5.26 Å². The van der Waals surface area contributed by atoms with Crippen LogP contribution in [0.2, 0.25) is 0 Å². The predicted octanol–water partition coefficient (Wildman–Crippen LogP) is 5.31. The lowest BCUT2D eigenvalue weighted by Gasteiger charge is -2.31. The second kappa shape index (κ2) is 11.7.